The summed E-state index contributed by atoms with van der Waals surface area (Å²) in [6.07, 6.45) is 2.26. The molecule has 1 aliphatic rings. The molecule has 0 aliphatic carbocycles. The van der Waals surface area contributed by atoms with Gasteiger partial charge >= 0.3 is 0 Å². The Labute approximate surface area is 146 Å². The third-order valence-electron chi connectivity index (χ3n) is 3.95. The van der Waals surface area contributed by atoms with Gasteiger partial charge in [-0.1, -0.05) is 35.9 Å². The van der Waals surface area contributed by atoms with E-state index in [9.17, 15) is 4.79 Å². The Bertz CT molecular complexity index is 699. The number of rotatable bonds is 6. The number of nitrogens with one attached hydrogen (secondary N) is 1. The lowest BCUT2D eigenvalue weighted by atomic mass is 10.2. The first-order chi connectivity index (χ1) is 11.7. The van der Waals surface area contributed by atoms with Crippen molar-refractivity contribution < 1.29 is 14.3 Å². The van der Waals surface area contributed by atoms with Crippen molar-refractivity contribution in [2.75, 3.05) is 13.2 Å². The maximum atomic E-state index is 12.3. The third-order valence-corrected chi connectivity index (χ3v) is 4.32. The molecule has 0 aromatic heterocycles. The number of ether oxygens (including phenoxy) is 2. The predicted molar refractivity (Wildman–Crippen MR) is 93.5 cm³/mol. The van der Waals surface area contributed by atoms with Gasteiger partial charge in [-0.05, 0) is 42.7 Å². The minimum atomic E-state index is -0.155. The van der Waals surface area contributed by atoms with E-state index in [0.29, 0.717) is 29.5 Å². The molecule has 1 saturated heterocycles. The zero-order chi connectivity index (χ0) is 16.8. The average Bonchev–Trinajstić information content (AvgIpc) is 3.13. The molecule has 24 heavy (non-hydrogen) atoms. The summed E-state index contributed by atoms with van der Waals surface area (Å²) in [7, 11) is 0. The van der Waals surface area contributed by atoms with E-state index in [1.807, 2.05) is 36.4 Å². The largest absolute Gasteiger partial charge is 0.491 e. The summed E-state index contributed by atoms with van der Waals surface area (Å²) >= 11 is 6.10. The average molecular weight is 346 g/mol. The monoisotopic (exact) mass is 345 g/mol. The van der Waals surface area contributed by atoms with Crippen LogP contribution in [0.25, 0.3) is 0 Å². The van der Waals surface area contributed by atoms with Crippen LogP contribution in [0.4, 0.5) is 0 Å². The minimum Gasteiger partial charge on any atom is -0.491 e. The van der Waals surface area contributed by atoms with Gasteiger partial charge in [0.2, 0.25) is 0 Å². The smallest absolute Gasteiger partial charge is 0.251 e. The molecule has 1 atom stereocenters. The van der Waals surface area contributed by atoms with Crippen molar-refractivity contribution in [3.05, 3.63) is 64.7 Å². The van der Waals surface area contributed by atoms with Crippen LogP contribution in [0, 0.1) is 0 Å². The molecule has 1 N–H and O–H groups in total. The highest BCUT2D eigenvalue weighted by atomic mass is 35.5. The van der Waals surface area contributed by atoms with Crippen molar-refractivity contribution in [2.45, 2.75) is 25.5 Å². The maximum absolute atomic E-state index is 12.3. The van der Waals surface area contributed by atoms with Crippen molar-refractivity contribution >= 4 is 17.5 Å². The lowest BCUT2D eigenvalue weighted by Gasteiger charge is -2.12. The Morgan fingerprint density at radius 3 is 2.92 bits per heavy atom. The topological polar surface area (TPSA) is 47.6 Å². The van der Waals surface area contributed by atoms with Gasteiger partial charge in [0.05, 0.1) is 6.10 Å². The molecule has 1 fully saturated rings. The maximum Gasteiger partial charge on any atom is 0.251 e. The Kier molecular flexibility index (Phi) is 5.72. The zero-order valence-corrected chi connectivity index (χ0v) is 14.1. The van der Waals surface area contributed by atoms with Gasteiger partial charge in [0.15, 0.2) is 0 Å². The van der Waals surface area contributed by atoms with Gasteiger partial charge in [-0.15, -0.1) is 0 Å². The summed E-state index contributed by atoms with van der Waals surface area (Å²) in [6, 6.07) is 14.6. The van der Waals surface area contributed by atoms with E-state index in [2.05, 4.69) is 5.32 Å². The van der Waals surface area contributed by atoms with E-state index < -0.39 is 0 Å². The van der Waals surface area contributed by atoms with Crippen molar-refractivity contribution in [3.63, 3.8) is 0 Å². The van der Waals surface area contributed by atoms with Crippen LogP contribution in [-0.4, -0.2) is 25.2 Å². The molecule has 0 spiro atoms. The van der Waals surface area contributed by atoms with E-state index >= 15 is 0 Å². The summed E-state index contributed by atoms with van der Waals surface area (Å²) in [5.41, 5.74) is 1.45. The van der Waals surface area contributed by atoms with Gasteiger partial charge in [-0.2, -0.15) is 0 Å². The van der Waals surface area contributed by atoms with Crippen LogP contribution < -0.4 is 10.1 Å². The summed E-state index contributed by atoms with van der Waals surface area (Å²) in [5, 5.41) is 3.52. The van der Waals surface area contributed by atoms with Gasteiger partial charge in [0.1, 0.15) is 12.4 Å². The second kappa shape index (κ2) is 8.18. The Balaban J connectivity index is 1.56. The van der Waals surface area contributed by atoms with Crippen molar-refractivity contribution in [1.82, 2.24) is 5.32 Å². The van der Waals surface area contributed by atoms with Crippen LogP contribution in [0.5, 0.6) is 5.75 Å². The molecule has 0 unspecified atom stereocenters. The number of carbonyl (C=O) groups is 1. The molecule has 3 rings (SSSR count). The van der Waals surface area contributed by atoms with Crippen molar-refractivity contribution in [2.24, 2.45) is 0 Å². The molecule has 2 aromatic rings. The van der Waals surface area contributed by atoms with E-state index in [1.54, 1.807) is 12.1 Å². The van der Waals surface area contributed by atoms with Crippen LogP contribution in [0.2, 0.25) is 5.02 Å². The van der Waals surface area contributed by atoms with E-state index in [1.165, 1.54) is 0 Å². The number of halogens is 1. The van der Waals surface area contributed by atoms with Crippen LogP contribution in [0.15, 0.2) is 48.5 Å². The normalized spacial score (nSPS) is 16.8. The number of hydrogen-bond acceptors (Lipinski definition) is 3. The predicted octanol–water partition coefficient (Wildman–Crippen LogP) is 3.83. The molecule has 0 radical (unpaired) electrons. The van der Waals surface area contributed by atoms with Crippen molar-refractivity contribution in [3.8, 4) is 5.75 Å². The van der Waals surface area contributed by atoms with E-state index in [4.69, 9.17) is 21.1 Å². The standard InChI is InChI=1S/C19H20ClNO3/c20-18-9-2-1-5-15(18)12-21-19(22)14-6-3-7-16(11-14)24-13-17-8-4-10-23-17/h1-3,5-7,9,11,17H,4,8,10,12-13H2,(H,21,22)/t17-/m0/s1. The van der Waals surface area contributed by atoms with Crippen LogP contribution in [-0.2, 0) is 11.3 Å². The molecule has 0 saturated carbocycles. The highest BCUT2D eigenvalue weighted by Crippen LogP contribution is 2.18. The highest BCUT2D eigenvalue weighted by molar-refractivity contribution is 6.31. The Hall–Kier alpha value is -2.04. The molecule has 4 nitrogen and oxygen atoms in total. The van der Waals surface area contributed by atoms with Gasteiger partial charge in [0, 0.05) is 23.7 Å². The minimum absolute atomic E-state index is 0.155. The SMILES string of the molecule is O=C(NCc1ccccc1Cl)c1cccc(OC[C@@H]2CCCO2)c1. The van der Waals surface area contributed by atoms with Crippen LogP contribution in [0.3, 0.4) is 0 Å². The molecule has 5 heteroatoms. The molecular weight excluding hydrogens is 326 g/mol. The first-order valence-corrected chi connectivity index (χ1v) is 8.46. The second-order valence-corrected chi connectivity index (χ2v) is 6.16. The molecule has 2 aromatic carbocycles. The second-order valence-electron chi connectivity index (χ2n) is 5.75. The summed E-state index contributed by atoms with van der Waals surface area (Å²) in [6.45, 7) is 1.71. The van der Waals surface area contributed by atoms with E-state index in [-0.39, 0.29) is 12.0 Å². The summed E-state index contributed by atoms with van der Waals surface area (Å²) in [5.74, 6) is 0.522. The van der Waals surface area contributed by atoms with Crippen LogP contribution in [0.1, 0.15) is 28.8 Å². The molecule has 0 bridgehead atoms. The van der Waals surface area contributed by atoms with Gasteiger partial charge < -0.3 is 14.8 Å². The quantitative estimate of drug-likeness (QED) is 0.865. The summed E-state index contributed by atoms with van der Waals surface area (Å²) < 4.78 is 11.3. The number of carbonyl (C=O) groups excluding carboxylic acids is 1. The molecule has 1 amide bonds. The number of hydrogen-bond donors (Lipinski definition) is 1. The highest BCUT2D eigenvalue weighted by Gasteiger charge is 2.16. The fourth-order valence-electron chi connectivity index (χ4n) is 2.61. The molecule has 126 valence electrons. The van der Waals surface area contributed by atoms with Gasteiger partial charge in [-0.25, -0.2) is 0 Å². The van der Waals surface area contributed by atoms with Gasteiger partial charge in [0.25, 0.3) is 5.91 Å². The van der Waals surface area contributed by atoms with Gasteiger partial charge in [-0.3, -0.25) is 4.79 Å². The first kappa shape index (κ1) is 16.8. The fourth-order valence-corrected chi connectivity index (χ4v) is 2.81. The molecular formula is C19H20ClNO3. The lowest BCUT2D eigenvalue weighted by molar-refractivity contribution is 0.0679. The first-order valence-electron chi connectivity index (χ1n) is 8.08. The van der Waals surface area contributed by atoms with Crippen molar-refractivity contribution in [1.29, 1.82) is 0 Å². The Morgan fingerprint density at radius 2 is 2.12 bits per heavy atom. The fraction of sp³-hybridized carbons (Fsp3) is 0.316. The number of amides is 1. The summed E-state index contributed by atoms with van der Waals surface area (Å²) in [4.78, 5) is 12.3. The van der Waals surface area contributed by atoms with E-state index in [0.717, 1.165) is 25.0 Å². The molecule has 1 heterocycles. The third kappa shape index (κ3) is 4.49. The Morgan fingerprint density at radius 1 is 1.25 bits per heavy atom. The lowest BCUT2D eigenvalue weighted by Crippen LogP contribution is -2.23. The molecule has 1 aliphatic heterocycles. The van der Waals surface area contributed by atoms with Crippen LogP contribution >= 0.6 is 11.6 Å². The zero-order valence-electron chi connectivity index (χ0n) is 13.3. The number of benzene rings is 2.